The lowest BCUT2D eigenvalue weighted by atomic mass is 9.96. The molecule has 1 saturated heterocycles. The van der Waals surface area contributed by atoms with Crippen molar-refractivity contribution in [2.24, 2.45) is 0 Å². The van der Waals surface area contributed by atoms with Gasteiger partial charge in [-0.3, -0.25) is 4.79 Å². The molecule has 1 aromatic carbocycles. The standard InChI is InChI=1S/C16H18FN3O2/c17-13-3-1-2-4-14(13)22-11-15(21)20-9-5-12(6-10-20)16-18-7-8-19-16/h1-4,7-8,12H,5-6,9-11H2,(H,18,19). The molecule has 2 heterocycles. The quantitative estimate of drug-likeness (QED) is 0.943. The van der Waals surface area contributed by atoms with E-state index in [0.29, 0.717) is 19.0 Å². The number of hydrogen-bond donors (Lipinski definition) is 1. The molecule has 22 heavy (non-hydrogen) atoms. The molecule has 1 amide bonds. The zero-order chi connectivity index (χ0) is 15.4. The van der Waals surface area contributed by atoms with E-state index in [9.17, 15) is 9.18 Å². The van der Waals surface area contributed by atoms with Crippen LogP contribution in [0.3, 0.4) is 0 Å². The number of likely N-dealkylation sites (tertiary alicyclic amines) is 1. The van der Waals surface area contributed by atoms with Crippen LogP contribution in [0.25, 0.3) is 0 Å². The fourth-order valence-corrected chi connectivity index (χ4v) is 2.70. The van der Waals surface area contributed by atoms with Crippen molar-refractivity contribution in [1.29, 1.82) is 0 Å². The Morgan fingerprint density at radius 1 is 1.36 bits per heavy atom. The van der Waals surface area contributed by atoms with E-state index in [1.54, 1.807) is 23.2 Å². The van der Waals surface area contributed by atoms with Gasteiger partial charge < -0.3 is 14.6 Å². The van der Waals surface area contributed by atoms with Gasteiger partial charge in [-0.25, -0.2) is 9.37 Å². The molecule has 0 spiro atoms. The van der Waals surface area contributed by atoms with Gasteiger partial charge in [0.25, 0.3) is 5.91 Å². The highest BCUT2D eigenvalue weighted by atomic mass is 19.1. The molecule has 0 radical (unpaired) electrons. The van der Waals surface area contributed by atoms with E-state index in [-0.39, 0.29) is 18.3 Å². The number of carbonyl (C=O) groups is 1. The van der Waals surface area contributed by atoms with Crippen LogP contribution in [0.15, 0.2) is 36.7 Å². The molecule has 6 heteroatoms. The van der Waals surface area contributed by atoms with Crippen LogP contribution < -0.4 is 4.74 Å². The lowest BCUT2D eigenvalue weighted by molar-refractivity contribution is -0.134. The normalized spacial score (nSPS) is 15.8. The summed E-state index contributed by atoms with van der Waals surface area (Å²) in [5.41, 5.74) is 0. The first-order chi connectivity index (χ1) is 10.7. The molecule has 0 aliphatic carbocycles. The van der Waals surface area contributed by atoms with Crippen LogP contribution in [0.1, 0.15) is 24.6 Å². The van der Waals surface area contributed by atoms with Crippen molar-refractivity contribution in [3.05, 3.63) is 48.3 Å². The van der Waals surface area contributed by atoms with E-state index in [1.165, 1.54) is 12.1 Å². The first-order valence-electron chi connectivity index (χ1n) is 7.38. The molecule has 2 aromatic rings. The van der Waals surface area contributed by atoms with Crippen molar-refractivity contribution in [1.82, 2.24) is 14.9 Å². The van der Waals surface area contributed by atoms with Crippen LogP contribution in [-0.4, -0.2) is 40.5 Å². The average Bonchev–Trinajstić information content (AvgIpc) is 3.08. The van der Waals surface area contributed by atoms with E-state index >= 15 is 0 Å². The topological polar surface area (TPSA) is 58.2 Å². The molecule has 1 aliphatic heterocycles. The Kier molecular flexibility index (Phi) is 4.37. The summed E-state index contributed by atoms with van der Waals surface area (Å²) >= 11 is 0. The molecule has 1 fully saturated rings. The molecular weight excluding hydrogens is 285 g/mol. The maximum Gasteiger partial charge on any atom is 0.260 e. The zero-order valence-corrected chi connectivity index (χ0v) is 12.2. The number of nitrogens with zero attached hydrogens (tertiary/aromatic N) is 2. The van der Waals surface area contributed by atoms with Crippen molar-refractivity contribution < 1.29 is 13.9 Å². The Hall–Kier alpha value is -2.37. The number of benzene rings is 1. The number of imidazole rings is 1. The van der Waals surface area contributed by atoms with Crippen LogP contribution in [0, 0.1) is 5.82 Å². The second kappa shape index (κ2) is 6.60. The van der Waals surface area contributed by atoms with Crippen molar-refractivity contribution in [2.45, 2.75) is 18.8 Å². The van der Waals surface area contributed by atoms with Gasteiger partial charge in [0.2, 0.25) is 0 Å². The minimum absolute atomic E-state index is 0.110. The smallest absolute Gasteiger partial charge is 0.260 e. The fourth-order valence-electron chi connectivity index (χ4n) is 2.70. The summed E-state index contributed by atoms with van der Waals surface area (Å²) in [4.78, 5) is 21.3. The molecule has 116 valence electrons. The summed E-state index contributed by atoms with van der Waals surface area (Å²) in [5, 5.41) is 0. The van der Waals surface area contributed by atoms with Gasteiger partial charge in [-0.2, -0.15) is 0 Å². The van der Waals surface area contributed by atoms with E-state index in [2.05, 4.69) is 9.97 Å². The molecule has 1 aliphatic rings. The Bertz CT molecular complexity index is 622. The Morgan fingerprint density at radius 3 is 2.82 bits per heavy atom. The Morgan fingerprint density at radius 2 is 2.14 bits per heavy atom. The maximum atomic E-state index is 13.4. The van der Waals surface area contributed by atoms with Gasteiger partial charge >= 0.3 is 0 Å². The summed E-state index contributed by atoms with van der Waals surface area (Å²) in [6, 6.07) is 6.10. The lowest BCUT2D eigenvalue weighted by Crippen LogP contribution is -2.40. The number of amides is 1. The molecule has 0 bridgehead atoms. The monoisotopic (exact) mass is 303 g/mol. The number of rotatable bonds is 4. The number of ether oxygens (including phenoxy) is 1. The number of aromatic amines is 1. The molecule has 1 aromatic heterocycles. The maximum absolute atomic E-state index is 13.4. The second-order valence-electron chi connectivity index (χ2n) is 5.35. The summed E-state index contributed by atoms with van der Waals surface area (Å²) in [7, 11) is 0. The van der Waals surface area contributed by atoms with Gasteiger partial charge in [-0.05, 0) is 25.0 Å². The first-order valence-corrected chi connectivity index (χ1v) is 7.38. The first kappa shape index (κ1) is 14.6. The number of halogens is 1. The molecule has 1 N–H and O–H groups in total. The average molecular weight is 303 g/mol. The highest BCUT2D eigenvalue weighted by Gasteiger charge is 2.25. The molecular formula is C16H18FN3O2. The zero-order valence-electron chi connectivity index (χ0n) is 12.2. The van der Waals surface area contributed by atoms with Gasteiger partial charge in [0.05, 0.1) is 0 Å². The predicted molar refractivity (Wildman–Crippen MR) is 79.0 cm³/mol. The molecule has 0 saturated carbocycles. The molecule has 3 rings (SSSR count). The molecule has 0 atom stereocenters. The van der Waals surface area contributed by atoms with Crippen molar-refractivity contribution in [3.8, 4) is 5.75 Å². The Balaban J connectivity index is 1.49. The molecule has 5 nitrogen and oxygen atoms in total. The van der Waals surface area contributed by atoms with Gasteiger partial charge in [-0.15, -0.1) is 0 Å². The van der Waals surface area contributed by atoms with Crippen LogP contribution >= 0.6 is 0 Å². The molecule has 0 unspecified atom stereocenters. The predicted octanol–water partition coefficient (Wildman–Crippen LogP) is 2.33. The van der Waals surface area contributed by atoms with Gasteiger partial charge in [0.1, 0.15) is 5.82 Å². The van der Waals surface area contributed by atoms with Crippen molar-refractivity contribution in [2.75, 3.05) is 19.7 Å². The summed E-state index contributed by atoms with van der Waals surface area (Å²) in [6.07, 6.45) is 5.31. The minimum Gasteiger partial charge on any atom is -0.481 e. The van der Waals surface area contributed by atoms with E-state index < -0.39 is 5.82 Å². The second-order valence-corrected chi connectivity index (χ2v) is 5.35. The third-order valence-corrected chi connectivity index (χ3v) is 3.94. The highest BCUT2D eigenvalue weighted by Crippen LogP contribution is 2.25. The van der Waals surface area contributed by atoms with Gasteiger partial charge in [0, 0.05) is 31.4 Å². The summed E-state index contributed by atoms with van der Waals surface area (Å²) in [5.74, 6) is 0.899. The third-order valence-electron chi connectivity index (χ3n) is 3.94. The van der Waals surface area contributed by atoms with Crippen LogP contribution in [0.4, 0.5) is 4.39 Å². The largest absolute Gasteiger partial charge is 0.481 e. The van der Waals surface area contributed by atoms with E-state index in [0.717, 1.165) is 18.7 Å². The number of piperidine rings is 1. The highest BCUT2D eigenvalue weighted by molar-refractivity contribution is 5.77. The number of H-pyrrole nitrogens is 1. The number of para-hydroxylation sites is 1. The lowest BCUT2D eigenvalue weighted by Gasteiger charge is -2.31. The van der Waals surface area contributed by atoms with E-state index in [1.807, 2.05) is 6.20 Å². The van der Waals surface area contributed by atoms with Crippen LogP contribution in [-0.2, 0) is 4.79 Å². The van der Waals surface area contributed by atoms with Crippen molar-refractivity contribution >= 4 is 5.91 Å². The van der Waals surface area contributed by atoms with E-state index in [4.69, 9.17) is 4.74 Å². The Labute approximate surface area is 128 Å². The van der Waals surface area contributed by atoms with Gasteiger partial charge in [-0.1, -0.05) is 12.1 Å². The van der Waals surface area contributed by atoms with Crippen molar-refractivity contribution in [3.63, 3.8) is 0 Å². The fraction of sp³-hybridized carbons (Fsp3) is 0.375. The number of hydrogen-bond acceptors (Lipinski definition) is 3. The summed E-state index contributed by atoms with van der Waals surface area (Å²) in [6.45, 7) is 1.21. The minimum atomic E-state index is -0.452. The van der Waals surface area contributed by atoms with Crippen LogP contribution in [0.5, 0.6) is 5.75 Å². The number of carbonyl (C=O) groups excluding carboxylic acids is 1. The summed E-state index contributed by atoms with van der Waals surface area (Å²) < 4.78 is 18.7. The number of aromatic nitrogens is 2. The van der Waals surface area contributed by atoms with Gasteiger partial charge in [0.15, 0.2) is 18.2 Å². The number of nitrogens with one attached hydrogen (secondary N) is 1. The third kappa shape index (κ3) is 3.27. The SMILES string of the molecule is O=C(COc1ccccc1F)N1CCC(c2ncc[nH]2)CC1. The van der Waals surface area contributed by atoms with Crippen LogP contribution in [0.2, 0.25) is 0 Å².